The molecule has 0 N–H and O–H groups in total. The third-order valence-corrected chi connectivity index (χ3v) is 9.27. The van der Waals surface area contributed by atoms with Crippen LogP contribution in [0, 0.1) is 34.5 Å². The van der Waals surface area contributed by atoms with Crippen molar-refractivity contribution in [1.82, 2.24) is 0 Å². The summed E-state index contributed by atoms with van der Waals surface area (Å²) >= 11 is 0. The molecule has 0 aromatic rings. The predicted octanol–water partition coefficient (Wildman–Crippen LogP) is 3.49. The lowest BCUT2D eigenvalue weighted by molar-refractivity contribution is -0.303. The van der Waals surface area contributed by atoms with Crippen LogP contribution in [0.3, 0.4) is 0 Å². The molecule has 1 aliphatic heterocycles. The second-order valence-corrected chi connectivity index (χ2v) is 9.72. The molecular formula is C22H30O6. The van der Waals surface area contributed by atoms with Crippen LogP contribution < -0.4 is 0 Å². The molecule has 5 rings (SSSR count). The first-order valence-electron chi connectivity index (χ1n) is 10.5. The number of rotatable bonds is 3. The van der Waals surface area contributed by atoms with E-state index in [-0.39, 0.29) is 40.5 Å². The summed E-state index contributed by atoms with van der Waals surface area (Å²) < 4.78 is 23.0. The van der Waals surface area contributed by atoms with E-state index >= 15 is 0 Å². The van der Waals surface area contributed by atoms with Crippen molar-refractivity contribution in [2.75, 3.05) is 14.2 Å². The van der Waals surface area contributed by atoms with E-state index in [9.17, 15) is 9.59 Å². The minimum absolute atomic E-state index is 0.0114. The fourth-order valence-corrected chi connectivity index (χ4v) is 8.12. The molecule has 0 aromatic heterocycles. The van der Waals surface area contributed by atoms with Gasteiger partial charge in [-0.2, -0.15) is 0 Å². The third kappa shape index (κ3) is 1.91. The monoisotopic (exact) mass is 390 g/mol. The third-order valence-electron chi connectivity index (χ3n) is 9.27. The number of carbonyl (C=O) groups is 2. The molecule has 154 valence electrons. The molecule has 4 fully saturated rings. The lowest BCUT2D eigenvalue weighted by Crippen LogP contribution is -2.69. The van der Waals surface area contributed by atoms with E-state index in [2.05, 4.69) is 19.9 Å². The van der Waals surface area contributed by atoms with Crippen LogP contribution in [0.15, 0.2) is 12.2 Å². The minimum atomic E-state index is -0.794. The highest BCUT2D eigenvalue weighted by molar-refractivity contribution is 5.93. The molecule has 0 amide bonds. The summed E-state index contributed by atoms with van der Waals surface area (Å²) in [5.41, 5.74) is -1.11. The molecule has 6 heteroatoms. The van der Waals surface area contributed by atoms with Crippen molar-refractivity contribution >= 4 is 11.9 Å². The molecule has 5 aliphatic rings. The molecule has 8 atom stereocenters. The Kier molecular flexibility index (Phi) is 3.87. The van der Waals surface area contributed by atoms with Gasteiger partial charge < -0.3 is 18.9 Å². The molecule has 28 heavy (non-hydrogen) atoms. The highest BCUT2D eigenvalue weighted by Gasteiger charge is 2.77. The number of allylic oxidation sites excluding steroid dienone is 2. The molecule has 1 saturated heterocycles. The summed E-state index contributed by atoms with van der Waals surface area (Å²) in [6.45, 7) is 4.36. The zero-order valence-corrected chi connectivity index (χ0v) is 17.1. The van der Waals surface area contributed by atoms with E-state index in [1.54, 1.807) is 20.3 Å². The Bertz CT molecular complexity index is 743. The fourth-order valence-electron chi connectivity index (χ4n) is 8.12. The largest absolute Gasteiger partial charge is 0.509 e. The lowest BCUT2D eigenvalue weighted by atomic mass is 9.42. The van der Waals surface area contributed by atoms with Crippen LogP contribution in [0.5, 0.6) is 0 Å². The standard InChI is InChI=1S/C22H30O6/c1-12-14-6-5-13-11-15-17-21(13,20(14,2)8-7-16(12)23)9-10-22(15,18(25-3)26-4)28-19(24)27-17/h7-8,12-15,17-18H,5-6,9-11H2,1-4H3/t12-,13+,14-,15+,17+,20-,21+,22+/m0/s1. The number of carbonyl (C=O) groups excluding carboxylic acids is 2. The van der Waals surface area contributed by atoms with Crippen LogP contribution in [0.1, 0.15) is 46.0 Å². The molecule has 6 nitrogen and oxygen atoms in total. The van der Waals surface area contributed by atoms with Crippen molar-refractivity contribution in [3.05, 3.63) is 12.2 Å². The molecule has 1 spiro atoms. The fraction of sp³-hybridized carbons (Fsp3) is 0.818. The maximum atomic E-state index is 12.6. The molecule has 1 heterocycles. The van der Waals surface area contributed by atoms with Gasteiger partial charge in [0, 0.05) is 31.5 Å². The van der Waals surface area contributed by atoms with Gasteiger partial charge in [-0.15, -0.1) is 0 Å². The molecule has 4 bridgehead atoms. The van der Waals surface area contributed by atoms with E-state index in [1.165, 1.54) is 0 Å². The number of hydrogen-bond acceptors (Lipinski definition) is 6. The molecular weight excluding hydrogens is 360 g/mol. The van der Waals surface area contributed by atoms with E-state index in [0.717, 1.165) is 25.7 Å². The topological polar surface area (TPSA) is 71.1 Å². The number of ether oxygens (including phenoxy) is 4. The first-order chi connectivity index (χ1) is 13.3. The Morgan fingerprint density at radius 3 is 2.61 bits per heavy atom. The van der Waals surface area contributed by atoms with Gasteiger partial charge in [0.15, 0.2) is 17.7 Å². The first kappa shape index (κ1) is 18.6. The average molecular weight is 390 g/mol. The summed E-state index contributed by atoms with van der Waals surface area (Å²) in [4.78, 5) is 25.0. The quantitative estimate of drug-likeness (QED) is 0.543. The minimum Gasteiger partial charge on any atom is -0.430 e. The van der Waals surface area contributed by atoms with Crippen LogP contribution in [0.2, 0.25) is 0 Å². The lowest BCUT2D eigenvalue weighted by Gasteiger charge is -2.64. The van der Waals surface area contributed by atoms with Crippen molar-refractivity contribution in [3.8, 4) is 0 Å². The highest BCUT2D eigenvalue weighted by atomic mass is 16.8. The number of ketones is 1. The summed E-state index contributed by atoms with van der Waals surface area (Å²) in [7, 11) is 3.20. The van der Waals surface area contributed by atoms with Crippen molar-refractivity contribution in [2.45, 2.75) is 63.9 Å². The maximum Gasteiger partial charge on any atom is 0.509 e. The normalized spacial score (nSPS) is 51.4. The SMILES string of the molecule is COC(OC)[C@@]12CC[C@]34[C@H](CC[C@H]5[C@H](C)C(=O)C=C[C@@]53C)C[C@@H]1[C@H]4OC(=O)O2. The van der Waals surface area contributed by atoms with Crippen LogP contribution in [0.25, 0.3) is 0 Å². The van der Waals surface area contributed by atoms with Gasteiger partial charge in [-0.05, 0) is 55.4 Å². The van der Waals surface area contributed by atoms with Crippen LogP contribution in [-0.2, 0) is 23.7 Å². The molecule has 0 unspecified atom stereocenters. The van der Waals surface area contributed by atoms with Crippen LogP contribution in [0.4, 0.5) is 4.79 Å². The summed E-state index contributed by atoms with van der Waals surface area (Å²) in [6, 6.07) is 0. The molecule has 4 aliphatic carbocycles. The Hall–Kier alpha value is -1.40. The Balaban J connectivity index is 1.65. The summed E-state index contributed by atoms with van der Waals surface area (Å²) in [5, 5.41) is 0. The average Bonchev–Trinajstić information content (AvgIpc) is 2.91. The van der Waals surface area contributed by atoms with E-state index in [4.69, 9.17) is 18.9 Å². The van der Waals surface area contributed by atoms with Gasteiger partial charge >= 0.3 is 6.16 Å². The van der Waals surface area contributed by atoms with Gasteiger partial charge in [-0.25, -0.2) is 4.79 Å². The number of methoxy groups -OCH3 is 2. The first-order valence-corrected chi connectivity index (χ1v) is 10.5. The van der Waals surface area contributed by atoms with Crippen molar-refractivity contribution in [1.29, 1.82) is 0 Å². The smallest absolute Gasteiger partial charge is 0.430 e. The Labute approximate surface area is 165 Å². The summed E-state index contributed by atoms with van der Waals surface area (Å²) in [6.07, 6.45) is 7.12. The highest BCUT2D eigenvalue weighted by Crippen LogP contribution is 2.74. The van der Waals surface area contributed by atoms with E-state index in [0.29, 0.717) is 12.3 Å². The van der Waals surface area contributed by atoms with Gasteiger partial charge in [0.05, 0.1) is 0 Å². The van der Waals surface area contributed by atoms with Crippen molar-refractivity contribution in [2.24, 2.45) is 34.5 Å². The predicted molar refractivity (Wildman–Crippen MR) is 99.3 cm³/mol. The molecule has 0 aromatic carbocycles. The van der Waals surface area contributed by atoms with E-state index < -0.39 is 18.0 Å². The Morgan fingerprint density at radius 1 is 1.14 bits per heavy atom. The van der Waals surface area contributed by atoms with Gasteiger partial charge in [-0.1, -0.05) is 19.9 Å². The van der Waals surface area contributed by atoms with Crippen LogP contribution >= 0.6 is 0 Å². The van der Waals surface area contributed by atoms with E-state index in [1.807, 2.05) is 0 Å². The number of hydrogen-bond donors (Lipinski definition) is 0. The molecule has 3 saturated carbocycles. The van der Waals surface area contributed by atoms with Gasteiger partial charge in [0.25, 0.3) is 0 Å². The van der Waals surface area contributed by atoms with Crippen LogP contribution in [-0.4, -0.2) is 44.2 Å². The second-order valence-electron chi connectivity index (χ2n) is 9.72. The van der Waals surface area contributed by atoms with Gasteiger partial charge in [-0.3, -0.25) is 4.79 Å². The second kappa shape index (κ2) is 5.82. The Morgan fingerprint density at radius 2 is 1.89 bits per heavy atom. The zero-order valence-electron chi connectivity index (χ0n) is 17.1. The summed E-state index contributed by atoms with van der Waals surface area (Å²) in [5.74, 6) is 1.01. The number of fused-ring (bicyclic) bond motifs is 1. The van der Waals surface area contributed by atoms with Crippen molar-refractivity contribution < 1.29 is 28.5 Å². The van der Waals surface area contributed by atoms with Gasteiger partial charge in [0.1, 0.15) is 6.10 Å². The maximum absolute atomic E-state index is 12.6. The molecule has 0 radical (unpaired) electrons. The zero-order chi connectivity index (χ0) is 19.9. The van der Waals surface area contributed by atoms with Gasteiger partial charge in [0.2, 0.25) is 0 Å². The van der Waals surface area contributed by atoms with Crippen molar-refractivity contribution in [3.63, 3.8) is 0 Å².